The molecule has 0 aromatic heterocycles. The van der Waals surface area contributed by atoms with Crippen LogP contribution >= 0.6 is 0 Å². The van der Waals surface area contributed by atoms with Crippen molar-refractivity contribution in [1.29, 1.82) is 0 Å². The maximum atomic E-state index is 12.1. The number of nitrogens with one attached hydrogen (secondary N) is 2. The monoisotopic (exact) mass is 354 g/mol. The highest BCUT2D eigenvalue weighted by atomic mass is 32.2. The third-order valence-electron chi connectivity index (χ3n) is 4.24. The number of rotatable bonds is 6. The molecule has 0 atom stereocenters. The highest BCUT2D eigenvalue weighted by molar-refractivity contribution is 7.89. The second kappa shape index (κ2) is 7.40. The normalized spacial score (nSPS) is 17.7. The lowest BCUT2D eigenvalue weighted by atomic mass is 9.96. The van der Waals surface area contributed by atoms with Crippen molar-refractivity contribution in [2.45, 2.75) is 38.1 Å². The highest BCUT2D eigenvalue weighted by Gasteiger charge is 2.20. The Balaban J connectivity index is 1.47. The van der Waals surface area contributed by atoms with Crippen LogP contribution in [-0.2, 0) is 10.0 Å². The molecule has 1 aliphatic heterocycles. The van der Waals surface area contributed by atoms with E-state index in [0.29, 0.717) is 17.1 Å². The van der Waals surface area contributed by atoms with Crippen molar-refractivity contribution < 1.29 is 22.7 Å². The lowest BCUT2D eigenvalue weighted by Gasteiger charge is -2.22. The van der Waals surface area contributed by atoms with E-state index in [0.717, 1.165) is 25.7 Å². The molecule has 0 radical (unpaired) electrons. The minimum absolute atomic E-state index is 0.0355. The van der Waals surface area contributed by atoms with E-state index in [9.17, 15) is 13.2 Å². The van der Waals surface area contributed by atoms with Crippen molar-refractivity contribution in [3.8, 4) is 11.5 Å². The van der Waals surface area contributed by atoms with Gasteiger partial charge in [0.15, 0.2) is 11.5 Å². The van der Waals surface area contributed by atoms with Crippen LogP contribution in [0.2, 0.25) is 0 Å². The summed E-state index contributed by atoms with van der Waals surface area (Å²) in [6, 6.07) is 4.91. The molecule has 1 aliphatic carbocycles. The molecule has 1 amide bonds. The Hall–Kier alpha value is -1.80. The van der Waals surface area contributed by atoms with Gasteiger partial charge in [0.1, 0.15) is 0 Å². The first kappa shape index (κ1) is 17.0. The third kappa shape index (κ3) is 4.39. The highest BCUT2D eigenvalue weighted by Crippen LogP contribution is 2.32. The molecule has 1 fully saturated rings. The Labute approximate surface area is 141 Å². The zero-order chi connectivity index (χ0) is 17.0. The van der Waals surface area contributed by atoms with Crippen molar-refractivity contribution in [3.05, 3.63) is 23.8 Å². The molecule has 2 N–H and O–H groups in total. The zero-order valence-corrected chi connectivity index (χ0v) is 14.2. The summed E-state index contributed by atoms with van der Waals surface area (Å²) in [5.41, 5.74) is 0.414. The van der Waals surface area contributed by atoms with Crippen LogP contribution in [0.25, 0.3) is 0 Å². The SMILES string of the molecule is O=C(NCCS(=O)(=O)NC1CCCCC1)c1ccc2c(c1)OCO2. The summed E-state index contributed by atoms with van der Waals surface area (Å²) in [7, 11) is -3.38. The fraction of sp³-hybridized carbons (Fsp3) is 0.562. The average Bonchev–Trinajstić information content (AvgIpc) is 3.02. The van der Waals surface area contributed by atoms with Crippen molar-refractivity contribution in [1.82, 2.24) is 10.0 Å². The van der Waals surface area contributed by atoms with Crippen LogP contribution in [0.15, 0.2) is 18.2 Å². The fourth-order valence-corrected chi connectivity index (χ4v) is 4.20. The van der Waals surface area contributed by atoms with Crippen LogP contribution in [0.3, 0.4) is 0 Å². The van der Waals surface area contributed by atoms with Crippen LogP contribution < -0.4 is 19.5 Å². The van der Waals surface area contributed by atoms with E-state index in [1.54, 1.807) is 18.2 Å². The van der Waals surface area contributed by atoms with Gasteiger partial charge in [0, 0.05) is 18.2 Å². The number of carbonyl (C=O) groups excluding carboxylic acids is 1. The fourth-order valence-electron chi connectivity index (χ4n) is 2.97. The molecular weight excluding hydrogens is 332 g/mol. The van der Waals surface area contributed by atoms with Crippen molar-refractivity contribution >= 4 is 15.9 Å². The molecule has 2 aliphatic rings. The molecule has 1 saturated carbocycles. The van der Waals surface area contributed by atoms with Crippen LogP contribution in [0, 0.1) is 0 Å². The van der Waals surface area contributed by atoms with Crippen LogP contribution in [0.5, 0.6) is 11.5 Å². The lowest BCUT2D eigenvalue weighted by Crippen LogP contribution is -2.40. The Kier molecular flexibility index (Phi) is 5.25. The Morgan fingerprint density at radius 2 is 1.88 bits per heavy atom. The van der Waals surface area contributed by atoms with E-state index in [2.05, 4.69) is 10.0 Å². The number of fused-ring (bicyclic) bond motifs is 1. The second-order valence-electron chi connectivity index (χ2n) is 6.10. The van der Waals surface area contributed by atoms with Gasteiger partial charge >= 0.3 is 0 Å². The van der Waals surface area contributed by atoms with Gasteiger partial charge in [-0.15, -0.1) is 0 Å². The number of hydrogen-bond donors (Lipinski definition) is 2. The predicted molar refractivity (Wildman–Crippen MR) is 88.7 cm³/mol. The summed E-state index contributed by atoms with van der Waals surface area (Å²) in [5, 5.41) is 2.63. The summed E-state index contributed by atoms with van der Waals surface area (Å²) in [6.07, 6.45) is 5.08. The van der Waals surface area contributed by atoms with Crippen molar-refractivity contribution in [3.63, 3.8) is 0 Å². The molecule has 0 unspecified atom stereocenters. The molecule has 0 saturated heterocycles. The molecule has 8 heteroatoms. The predicted octanol–water partition coefficient (Wildman–Crippen LogP) is 1.40. The summed E-state index contributed by atoms with van der Waals surface area (Å²) < 4.78 is 37.3. The molecule has 0 bridgehead atoms. The first-order valence-electron chi connectivity index (χ1n) is 8.21. The van der Waals surface area contributed by atoms with E-state index in [1.165, 1.54) is 6.42 Å². The molecule has 1 heterocycles. The van der Waals surface area contributed by atoms with Gasteiger partial charge < -0.3 is 14.8 Å². The lowest BCUT2D eigenvalue weighted by molar-refractivity contribution is 0.0955. The number of carbonyl (C=O) groups is 1. The van der Waals surface area contributed by atoms with E-state index in [1.807, 2.05) is 0 Å². The largest absolute Gasteiger partial charge is 0.454 e. The van der Waals surface area contributed by atoms with Crippen LogP contribution in [0.4, 0.5) is 0 Å². The summed E-state index contributed by atoms with van der Waals surface area (Å²) in [4.78, 5) is 12.1. The van der Waals surface area contributed by atoms with Gasteiger partial charge in [0.25, 0.3) is 5.91 Å². The Morgan fingerprint density at radius 3 is 2.67 bits per heavy atom. The molecule has 132 valence electrons. The number of sulfonamides is 1. The molecule has 0 spiro atoms. The molecular formula is C16H22N2O5S. The average molecular weight is 354 g/mol. The van der Waals surface area contributed by atoms with E-state index < -0.39 is 10.0 Å². The first-order chi connectivity index (χ1) is 11.5. The van der Waals surface area contributed by atoms with Gasteiger partial charge in [0.05, 0.1) is 5.75 Å². The van der Waals surface area contributed by atoms with E-state index >= 15 is 0 Å². The minimum Gasteiger partial charge on any atom is -0.454 e. The summed E-state index contributed by atoms with van der Waals surface area (Å²) >= 11 is 0. The zero-order valence-electron chi connectivity index (χ0n) is 13.4. The first-order valence-corrected chi connectivity index (χ1v) is 9.86. The van der Waals surface area contributed by atoms with E-state index in [-0.39, 0.29) is 31.0 Å². The van der Waals surface area contributed by atoms with Crippen molar-refractivity contribution in [2.75, 3.05) is 19.1 Å². The Bertz CT molecular complexity index is 698. The van der Waals surface area contributed by atoms with Gasteiger partial charge in [0.2, 0.25) is 16.8 Å². The quantitative estimate of drug-likeness (QED) is 0.805. The van der Waals surface area contributed by atoms with Gasteiger partial charge in [-0.2, -0.15) is 0 Å². The number of hydrogen-bond acceptors (Lipinski definition) is 5. The standard InChI is InChI=1S/C16H22N2O5S/c19-16(12-6-7-14-15(10-12)23-11-22-14)17-8-9-24(20,21)18-13-4-2-1-3-5-13/h6-7,10,13,18H,1-5,8-9,11H2,(H,17,19). The van der Waals surface area contributed by atoms with Crippen molar-refractivity contribution in [2.24, 2.45) is 0 Å². The molecule has 7 nitrogen and oxygen atoms in total. The summed E-state index contributed by atoms with van der Waals surface area (Å²) in [5.74, 6) is 0.668. The summed E-state index contributed by atoms with van der Waals surface area (Å²) in [6.45, 7) is 0.209. The molecule has 1 aromatic rings. The van der Waals surface area contributed by atoms with Crippen LogP contribution in [0.1, 0.15) is 42.5 Å². The third-order valence-corrected chi connectivity index (χ3v) is 5.68. The Morgan fingerprint density at radius 1 is 1.12 bits per heavy atom. The smallest absolute Gasteiger partial charge is 0.251 e. The minimum atomic E-state index is -3.38. The molecule has 3 rings (SSSR count). The van der Waals surface area contributed by atoms with Gasteiger partial charge in [-0.1, -0.05) is 19.3 Å². The molecule has 1 aromatic carbocycles. The number of ether oxygens (including phenoxy) is 2. The van der Waals surface area contributed by atoms with Gasteiger partial charge in [-0.05, 0) is 31.0 Å². The maximum absolute atomic E-state index is 12.1. The number of amides is 1. The maximum Gasteiger partial charge on any atom is 0.251 e. The second-order valence-corrected chi connectivity index (χ2v) is 7.97. The van der Waals surface area contributed by atoms with Gasteiger partial charge in [-0.3, -0.25) is 4.79 Å². The molecule has 24 heavy (non-hydrogen) atoms. The van der Waals surface area contributed by atoms with Crippen LogP contribution in [-0.4, -0.2) is 39.5 Å². The van der Waals surface area contributed by atoms with E-state index in [4.69, 9.17) is 9.47 Å². The number of benzene rings is 1. The van der Waals surface area contributed by atoms with Gasteiger partial charge in [-0.25, -0.2) is 13.1 Å². The topological polar surface area (TPSA) is 93.7 Å².